The van der Waals surface area contributed by atoms with Gasteiger partial charge < -0.3 is 10.8 Å². The highest BCUT2D eigenvalue weighted by atomic mass is 32.2. The molecule has 0 spiro atoms. The summed E-state index contributed by atoms with van der Waals surface area (Å²) >= 11 is 0. The first-order chi connectivity index (χ1) is 9.53. The lowest BCUT2D eigenvalue weighted by atomic mass is 10.1. The predicted octanol–water partition coefficient (Wildman–Crippen LogP) is 1.75. The Labute approximate surface area is 120 Å². The minimum atomic E-state index is -3.32. The molecule has 1 aliphatic carbocycles. The molecule has 0 radical (unpaired) electrons. The molecule has 6 heteroatoms. The number of rotatable bonds is 6. The van der Waals surface area contributed by atoms with Crippen molar-refractivity contribution in [3.05, 3.63) is 29.8 Å². The van der Waals surface area contributed by atoms with Gasteiger partial charge in [-0.1, -0.05) is 25.0 Å². The van der Waals surface area contributed by atoms with E-state index in [0.717, 1.165) is 25.7 Å². The van der Waals surface area contributed by atoms with Gasteiger partial charge in [-0.05, 0) is 43.5 Å². The Balaban J connectivity index is 2.11. The van der Waals surface area contributed by atoms with Crippen molar-refractivity contribution >= 4 is 15.7 Å². The normalized spacial score (nSPS) is 18.1. The molecule has 4 N–H and O–H groups in total. The molecule has 0 heterocycles. The van der Waals surface area contributed by atoms with Crippen LogP contribution in [0.25, 0.3) is 0 Å². The molecule has 0 saturated heterocycles. The van der Waals surface area contributed by atoms with Crippen LogP contribution in [-0.2, 0) is 10.0 Å². The van der Waals surface area contributed by atoms with E-state index in [1.54, 1.807) is 24.3 Å². The van der Waals surface area contributed by atoms with E-state index >= 15 is 0 Å². The van der Waals surface area contributed by atoms with Gasteiger partial charge in [0.2, 0.25) is 10.0 Å². The number of anilines is 1. The molecule has 1 fully saturated rings. The predicted molar refractivity (Wildman–Crippen MR) is 79.9 cm³/mol. The van der Waals surface area contributed by atoms with Crippen molar-refractivity contribution in [2.75, 3.05) is 11.3 Å². The average molecular weight is 298 g/mol. The topological polar surface area (TPSA) is 92.4 Å². The second kappa shape index (κ2) is 6.56. The Morgan fingerprint density at radius 2 is 2.05 bits per heavy atom. The maximum absolute atomic E-state index is 12.2. The summed E-state index contributed by atoms with van der Waals surface area (Å²) in [4.78, 5) is 0. The van der Waals surface area contributed by atoms with Crippen LogP contribution >= 0.6 is 0 Å². The lowest BCUT2D eigenvalue weighted by Crippen LogP contribution is -2.25. The van der Waals surface area contributed by atoms with Gasteiger partial charge in [-0.3, -0.25) is 4.72 Å². The Kier molecular flexibility index (Phi) is 5.01. The number of hydrogen-bond acceptors (Lipinski definition) is 4. The molecule has 0 aliphatic heterocycles. The van der Waals surface area contributed by atoms with E-state index in [4.69, 9.17) is 5.73 Å². The van der Waals surface area contributed by atoms with Gasteiger partial charge in [0.15, 0.2) is 0 Å². The van der Waals surface area contributed by atoms with Crippen LogP contribution in [0.15, 0.2) is 24.3 Å². The van der Waals surface area contributed by atoms with Crippen LogP contribution < -0.4 is 10.5 Å². The number of benzene rings is 1. The van der Waals surface area contributed by atoms with E-state index in [9.17, 15) is 13.5 Å². The second-order valence-electron chi connectivity index (χ2n) is 5.27. The maximum atomic E-state index is 12.2. The van der Waals surface area contributed by atoms with Gasteiger partial charge in [0.1, 0.15) is 0 Å². The van der Waals surface area contributed by atoms with Crippen LogP contribution in [0.5, 0.6) is 0 Å². The van der Waals surface area contributed by atoms with Gasteiger partial charge in [0.05, 0.1) is 11.4 Å². The zero-order valence-electron chi connectivity index (χ0n) is 11.5. The number of nitrogens with one attached hydrogen (secondary N) is 1. The Morgan fingerprint density at radius 3 is 2.70 bits per heavy atom. The summed E-state index contributed by atoms with van der Waals surface area (Å²) in [6, 6.07) is 6.88. The number of sulfonamides is 1. The molecule has 1 saturated carbocycles. The Morgan fingerprint density at radius 1 is 1.35 bits per heavy atom. The van der Waals surface area contributed by atoms with Crippen molar-refractivity contribution in [2.24, 2.45) is 5.73 Å². The lowest BCUT2D eigenvalue weighted by molar-refractivity contribution is 0.170. The zero-order chi connectivity index (χ0) is 14.6. The molecule has 0 aromatic heterocycles. The smallest absolute Gasteiger partial charge is 0.235 e. The van der Waals surface area contributed by atoms with Gasteiger partial charge in [0, 0.05) is 5.69 Å². The number of aliphatic hydroxyl groups excluding tert-OH is 1. The van der Waals surface area contributed by atoms with Crippen LogP contribution in [0.2, 0.25) is 0 Å². The first-order valence-corrected chi connectivity index (χ1v) is 8.57. The quantitative estimate of drug-likeness (QED) is 0.746. The zero-order valence-corrected chi connectivity index (χ0v) is 12.3. The highest BCUT2D eigenvalue weighted by molar-refractivity contribution is 7.93. The van der Waals surface area contributed by atoms with Gasteiger partial charge in [0.25, 0.3) is 0 Å². The van der Waals surface area contributed by atoms with Gasteiger partial charge in [-0.2, -0.15) is 0 Å². The summed E-state index contributed by atoms with van der Waals surface area (Å²) < 4.78 is 27.1. The SMILES string of the molecule is NCCC(O)c1cccc(NS(=O)(=O)C2CCCC2)c1. The largest absolute Gasteiger partial charge is 0.388 e. The van der Waals surface area contributed by atoms with Gasteiger partial charge in [-0.25, -0.2) is 8.42 Å². The van der Waals surface area contributed by atoms with Gasteiger partial charge in [-0.15, -0.1) is 0 Å². The third-order valence-electron chi connectivity index (χ3n) is 3.71. The number of nitrogens with two attached hydrogens (primary N) is 1. The molecule has 1 aromatic rings. The number of aliphatic hydroxyl groups is 1. The average Bonchev–Trinajstić information content (AvgIpc) is 2.93. The van der Waals surface area contributed by atoms with Gasteiger partial charge >= 0.3 is 0 Å². The highest BCUT2D eigenvalue weighted by Crippen LogP contribution is 2.27. The Hall–Kier alpha value is -1.11. The van der Waals surface area contributed by atoms with Crippen molar-refractivity contribution in [1.82, 2.24) is 0 Å². The summed E-state index contributed by atoms with van der Waals surface area (Å²) in [5.74, 6) is 0. The van der Waals surface area contributed by atoms with Crippen molar-refractivity contribution in [3.63, 3.8) is 0 Å². The third kappa shape index (κ3) is 3.71. The monoisotopic (exact) mass is 298 g/mol. The first kappa shape index (κ1) is 15.3. The van der Waals surface area contributed by atoms with E-state index in [1.165, 1.54) is 0 Å². The van der Waals surface area contributed by atoms with Crippen molar-refractivity contribution in [1.29, 1.82) is 0 Å². The molecular formula is C14H22N2O3S. The number of hydrogen-bond donors (Lipinski definition) is 3. The van der Waals surface area contributed by atoms with Crippen molar-refractivity contribution in [3.8, 4) is 0 Å². The molecule has 112 valence electrons. The van der Waals surface area contributed by atoms with E-state index in [-0.39, 0.29) is 5.25 Å². The summed E-state index contributed by atoms with van der Waals surface area (Å²) in [7, 11) is -3.32. The highest BCUT2D eigenvalue weighted by Gasteiger charge is 2.28. The molecule has 20 heavy (non-hydrogen) atoms. The minimum absolute atomic E-state index is 0.292. The fourth-order valence-corrected chi connectivity index (χ4v) is 4.16. The van der Waals surface area contributed by atoms with Crippen LogP contribution in [0.1, 0.15) is 43.8 Å². The van der Waals surface area contributed by atoms with E-state index < -0.39 is 16.1 Å². The standard InChI is InChI=1S/C14H22N2O3S/c15-9-8-14(17)11-4-3-5-12(10-11)16-20(18,19)13-6-1-2-7-13/h3-5,10,13-14,16-17H,1-2,6-9,15H2. The molecule has 5 nitrogen and oxygen atoms in total. The van der Waals surface area contributed by atoms with Crippen LogP contribution in [0, 0.1) is 0 Å². The molecule has 1 aromatic carbocycles. The molecule has 1 unspecified atom stereocenters. The maximum Gasteiger partial charge on any atom is 0.235 e. The molecule has 0 amide bonds. The van der Waals surface area contributed by atoms with Crippen molar-refractivity contribution < 1.29 is 13.5 Å². The molecule has 2 rings (SSSR count). The molecule has 0 bridgehead atoms. The Bertz CT molecular complexity index is 539. The summed E-state index contributed by atoms with van der Waals surface area (Å²) in [5, 5.41) is 9.61. The van der Waals surface area contributed by atoms with Crippen LogP contribution in [0.4, 0.5) is 5.69 Å². The second-order valence-corrected chi connectivity index (χ2v) is 7.23. The third-order valence-corrected chi connectivity index (χ3v) is 5.58. The van der Waals surface area contributed by atoms with Crippen LogP contribution in [-0.4, -0.2) is 25.3 Å². The fraction of sp³-hybridized carbons (Fsp3) is 0.571. The van der Waals surface area contributed by atoms with E-state index in [1.807, 2.05) is 0 Å². The van der Waals surface area contributed by atoms with Crippen molar-refractivity contribution in [2.45, 2.75) is 43.5 Å². The minimum Gasteiger partial charge on any atom is -0.388 e. The first-order valence-electron chi connectivity index (χ1n) is 7.02. The summed E-state index contributed by atoms with van der Waals surface area (Å²) in [6.07, 6.45) is 3.20. The van der Waals surface area contributed by atoms with E-state index in [0.29, 0.717) is 24.2 Å². The lowest BCUT2D eigenvalue weighted by Gasteiger charge is -2.15. The van der Waals surface area contributed by atoms with E-state index in [2.05, 4.69) is 4.72 Å². The summed E-state index contributed by atoms with van der Waals surface area (Å²) in [6.45, 7) is 0.388. The van der Waals surface area contributed by atoms with Crippen LogP contribution in [0.3, 0.4) is 0 Å². The summed E-state index contributed by atoms with van der Waals surface area (Å²) in [5.41, 5.74) is 6.61. The molecule has 1 aliphatic rings. The molecular weight excluding hydrogens is 276 g/mol. The fourth-order valence-electron chi connectivity index (χ4n) is 2.58. The molecule has 1 atom stereocenters.